The minimum absolute atomic E-state index is 0.0517. The fraction of sp³-hybridized carbons (Fsp3) is 0.286. The first-order valence-electron chi connectivity index (χ1n) is 9.68. The zero-order valence-corrected chi connectivity index (χ0v) is 19.0. The molecular weight excluding hydrogens is 436 g/mol. The van der Waals surface area contributed by atoms with Crippen LogP contribution in [0.4, 0.5) is 0 Å². The Morgan fingerprint density at radius 1 is 1.06 bits per heavy atom. The van der Waals surface area contributed by atoms with Crippen molar-refractivity contribution in [2.45, 2.75) is 32.2 Å². The van der Waals surface area contributed by atoms with Crippen LogP contribution in [-0.2, 0) is 16.6 Å². The summed E-state index contributed by atoms with van der Waals surface area (Å²) in [6, 6.07) is 8.97. The molecule has 31 heavy (non-hydrogen) atoms. The lowest BCUT2D eigenvalue weighted by molar-refractivity contribution is 0.251. The quantitative estimate of drug-likeness (QED) is 0.459. The van der Waals surface area contributed by atoms with Gasteiger partial charge >= 0.3 is 0 Å². The van der Waals surface area contributed by atoms with Crippen LogP contribution in [0.3, 0.4) is 0 Å². The highest BCUT2D eigenvalue weighted by Gasteiger charge is 2.30. The van der Waals surface area contributed by atoms with E-state index in [4.69, 9.17) is 0 Å². The maximum Gasteiger partial charge on any atom is 0.252 e. The molecule has 2 N–H and O–H groups in total. The largest absolute Gasteiger partial charge is 0.395 e. The molecule has 0 spiro atoms. The molecule has 0 bridgehead atoms. The van der Waals surface area contributed by atoms with Crippen LogP contribution >= 0.6 is 11.7 Å². The number of benzene rings is 2. The van der Waals surface area contributed by atoms with E-state index in [-0.39, 0.29) is 30.2 Å². The van der Waals surface area contributed by atoms with E-state index in [2.05, 4.69) is 13.7 Å². The number of nitrogens with zero attached hydrogens (tertiary/aromatic N) is 3. The van der Waals surface area contributed by atoms with Crippen molar-refractivity contribution in [3.05, 3.63) is 62.9 Å². The fourth-order valence-electron chi connectivity index (χ4n) is 3.61. The minimum atomic E-state index is -4.05. The number of aryl methyl sites for hydroxylation is 3. The Morgan fingerprint density at radius 3 is 2.55 bits per heavy atom. The van der Waals surface area contributed by atoms with Crippen molar-refractivity contribution in [1.29, 1.82) is 0 Å². The molecular formula is C21H22N4O4S2. The smallest absolute Gasteiger partial charge is 0.252 e. The van der Waals surface area contributed by atoms with Gasteiger partial charge in [-0.15, -0.1) is 0 Å². The average Bonchev–Trinajstić information content (AvgIpc) is 3.17. The SMILES string of the molecule is Cc1cc2cc(CN(CCO)S(=O)(=O)c3c(C)ccc4nsnc34)c(=O)[nH]c2cc1C. The second-order valence-corrected chi connectivity index (χ2v) is 9.96. The Hall–Kier alpha value is -2.66. The number of aromatic amines is 1. The zero-order valence-electron chi connectivity index (χ0n) is 17.3. The summed E-state index contributed by atoms with van der Waals surface area (Å²) in [5.41, 5.74) is 4.08. The Kier molecular flexibility index (Phi) is 5.65. The van der Waals surface area contributed by atoms with Gasteiger partial charge in [0.05, 0.1) is 18.3 Å². The maximum atomic E-state index is 13.6. The summed E-state index contributed by atoms with van der Waals surface area (Å²) in [6.45, 7) is 4.93. The van der Waals surface area contributed by atoms with E-state index in [9.17, 15) is 18.3 Å². The number of hydrogen-bond acceptors (Lipinski definition) is 7. The summed E-state index contributed by atoms with van der Waals surface area (Å²) in [5.74, 6) is 0. The number of sulfonamides is 1. The van der Waals surface area contributed by atoms with Gasteiger partial charge in [-0.05, 0) is 67.1 Å². The summed E-state index contributed by atoms with van der Waals surface area (Å²) in [5, 5.41) is 10.4. The molecule has 2 aromatic carbocycles. The number of pyridine rings is 1. The highest BCUT2D eigenvalue weighted by Crippen LogP contribution is 2.29. The topological polar surface area (TPSA) is 116 Å². The van der Waals surface area contributed by atoms with Gasteiger partial charge in [0.2, 0.25) is 10.0 Å². The van der Waals surface area contributed by atoms with E-state index < -0.39 is 10.0 Å². The second-order valence-electron chi connectivity index (χ2n) is 7.55. The van der Waals surface area contributed by atoms with Crippen LogP contribution in [0.1, 0.15) is 22.3 Å². The Morgan fingerprint density at radius 2 is 1.81 bits per heavy atom. The zero-order chi connectivity index (χ0) is 22.3. The monoisotopic (exact) mass is 458 g/mol. The summed E-state index contributed by atoms with van der Waals surface area (Å²) in [4.78, 5) is 15.6. The van der Waals surface area contributed by atoms with E-state index in [1.165, 1.54) is 0 Å². The summed E-state index contributed by atoms with van der Waals surface area (Å²) >= 11 is 0.940. The molecule has 0 aliphatic carbocycles. The predicted octanol–water partition coefficient (Wildman–Crippen LogP) is 2.64. The second kappa shape index (κ2) is 8.12. The number of aliphatic hydroxyl groups excluding tert-OH is 1. The highest BCUT2D eigenvalue weighted by atomic mass is 32.2. The van der Waals surface area contributed by atoms with Gasteiger partial charge in [0, 0.05) is 24.2 Å². The van der Waals surface area contributed by atoms with Crippen molar-refractivity contribution < 1.29 is 13.5 Å². The predicted molar refractivity (Wildman–Crippen MR) is 121 cm³/mol. The molecule has 2 heterocycles. The molecule has 0 aliphatic heterocycles. The van der Waals surface area contributed by atoms with Crippen molar-refractivity contribution in [3.8, 4) is 0 Å². The number of hydrogen-bond donors (Lipinski definition) is 2. The molecule has 0 radical (unpaired) electrons. The van der Waals surface area contributed by atoms with Gasteiger partial charge in [-0.2, -0.15) is 13.1 Å². The fourth-order valence-corrected chi connectivity index (χ4v) is 5.97. The first kappa shape index (κ1) is 21.6. The number of aliphatic hydroxyl groups is 1. The summed E-state index contributed by atoms with van der Waals surface area (Å²) < 4.78 is 36.6. The Balaban J connectivity index is 1.82. The van der Waals surface area contributed by atoms with Crippen LogP contribution < -0.4 is 5.56 Å². The molecule has 0 saturated heterocycles. The number of rotatable bonds is 6. The van der Waals surface area contributed by atoms with E-state index in [1.807, 2.05) is 26.0 Å². The number of nitrogens with one attached hydrogen (secondary N) is 1. The third-order valence-corrected chi connectivity index (χ3v) is 7.97. The van der Waals surface area contributed by atoms with Crippen LogP contribution in [0.2, 0.25) is 0 Å². The van der Waals surface area contributed by atoms with Gasteiger partial charge in [-0.1, -0.05) is 6.07 Å². The van der Waals surface area contributed by atoms with Gasteiger partial charge in [0.25, 0.3) is 5.56 Å². The lowest BCUT2D eigenvalue weighted by Crippen LogP contribution is -2.35. The summed E-state index contributed by atoms with van der Waals surface area (Å²) in [6.07, 6.45) is 0. The third-order valence-electron chi connectivity index (χ3n) is 5.41. The molecule has 0 aliphatic rings. The van der Waals surface area contributed by atoms with Crippen molar-refractivity contribution in [2.24, 2.45) is 0 Å². The first-order valence-corrected chi connectivity index (χ1v) is 11.9. The standard InChI is InChI=1S/C21H22N4O4S2/c1-12-4-5-17-19(24-30-23-17)20(12)31(28,29)25(6-7-26)11-16-10-15-8-13(2)14(3)9-18(15)22-21(16)27/h4-5,8-10,26H,6-7,11H2,1-3H3,(H,22,27). The Labute approximate surface area is 183 Å². The van der Waals surface area contributed by atoms with E-state index in [0.717, 1.165) is 32.5 Å². The lowest BCUT2D eigenvalue weighted by atomic mass is 10.1. The van der Waals surface area contributed by atoms with Crippen LogP contribution in [0.15, 0.2) is 40.0 Å². The molecule has 0 amide bonds. The molecule has 0 unspecified atom stereocenters. The number of fused-ring (bicyclic) bond motifs is 2. The van der Waals surface area contributed by atoms with E-state index >= 15 is 0 Å². The molecule has 0 atom stereocenters. The summed E-state index contributed by atoms with van der Waals surface area (Å²) in [7, 11) is -4.05. The average molecular weight is 459 g/mol. The van der Waals surface area contributed by atoms with Crippen molar-refractivity contribution in [1.82, 2.24) is 18.0 Å². The highest BCUT2D eigenvalue weighted by molar-refractivity contribution is 7.89. The van der Waals surface area contributed by atoms with Crippen molar-refractivity contribution in [3.63, 3.8) is 0 Å². The van der Waals surface area contributed by atoms with Crippen LogP contribution in [0, 0.1) is 20.8 Å². The van der Waals surface area contributed by atoms with Crippen LogP contribution in [-0.4, -0.2) is 44.7 Å². The van der Waals surface area contributed by atoms with Crippen LogP contribution in [0.5, 0.6) is 0 Å². The Bertz CT molecular complexity index is 1460. The molecule has 8 nitrogen and oxygen atoms in total. The van der Waals surface area contributed by atoms with E-state index in [1.54, 1.807) is 25.1 Å². The number of H-pyrrole nitrogens is 1. The van der Waals surface area contributed by atoms with Gasteiger partial charge in [0.15, 0.2) is 0 Å². The maximum absolute atomic E-state index is 13.6. The molecule has 0 saturated carbocycles. The van der Waals surface area contributed by atoms with Gasteiger partial charge in [-0.25, -0.2) is 8.42 Å². The van der Waals surface area contributed by atoms with E-state index in [0.29, 0.717) is 27.7 Å². The molecule has 0 fully saturated rings. The van der Waals surface area contributed by atoms with Gasteiger partial charge in [0.1, 0.15) is 15.9 Å². The van der Waals surface area contributed by atoms with Crippen LogP contribution in [0.25, 0.3) is 21.9 Å². The molecule has 10 heteroatoms. The van der Waals surface area contributed by atoms with Gasteiger partial charge in [-0.3, -0.25) is 4.79 Å². The lowest BCUT2D eigenvalue weighted by Gasteiger charge is -2.22. The third kappa shape index (κ3) is 3.87. The molecule has 4 rings (SSSR count). The van der Waals surface area contributed by atoms with Gasteiger partial charge < -0.3 is 10.1 Å². The van der Waals surface area contributed by atoms with Crippen molar-refractivity contribution >= 4 is 43.7 Å². The molecule has 4 aromatic rings. The first-order chi connectivity index (χ1) is 14.7. The minimum Gasteiger partial charge on any atom is -0.395 e. The normalized spacial score (nSPS) is 12.3. The van der Waals surface area contributed by atoms with Crippen molar-refractivity contribution in [2.75, 3.05) is 13.2 Å². The molecule has 162 valence electrons. The molecule has 2 aromatic heterocycles. The number of aromatic nitrogens is 3.